The van der Waals surface area contributed by atoms with Crippen LogP contribution in [-0.2, 0) is 6.54 Å². The fourth-order valence-electron chi connectivity index (χ4n) is 1.18. The number of hydrogen-bond acceptors (Lipinski definition) is 2. The van der Waals surface area contributed by atoms with Gasteiger partial charge in [0.1, 0.15) is 6.04 Å². The van der Waals surface area contributed by atoms with Gasteiger partial charge in [-0.3, -0.25) is 4.68 Å². The lowest BCUT2D eigenvalue weighted by molar-refractivity contribution is -0.149. The first kappa shape index (κ1) is 11.0. The summed E-state index contributed by atoms with van der Waals surface area (Å²) in [5.41, 5.74) is 5.43. The second kappa shape index (κ2) is 3.61. The van der Waals surface area contributed by atoms with Crippen molar-refractivity contribution < 1.29 is 13.2 Å². The van der Waals surface area contributed by atoms with Gasteiger partial charge in [-0.1, -0.05) is 0 Å². The van der Waals surface area contributed by atoms with E-state index in [2.05, 4.69) is 5.10 Å². The van der Waals surface area contributed by atoms with Gasteiger partial charge in [0.05, 0.1) is 5.69 Å². The van der Waals surface area contributed by atoms with Crippen LogP contribution in [0.5, 0.6) is 0 Å². The predicted molar refractivity (Wildman–Crippen MR) is 45.6 cm³/mol. The highest BCUT2D eigenvalue weighted by molar-refractivity contribution is 5.21. The van der Waals surface area contributed by atoms with Crippen LogP contribution in [0.4, 0.5) is 13.2 Å². The highest BCUT2D eigenvalue weighted by Gasteiger charge is 2.39. The van der Waals surface area contributed by atoms with E-state index in [9.17, 15) is 13.2 Å². The third kappa shape index (κ3) is 2.06. The minimum absolute atomic E-state index is 0.0411. The molecule has 0 aliphatic rings. The highest BCUT2D eigenvalue weighted by Crippen LogP contribution is 2.31. The Hall–Kier alpha value is -1.04. The second-order valence-corrected chi connectivity index (χ2v) is 3.04. The summed E-state index contributed by atoms with van der Waals surface area (Å²) in [4.78, 5) is 0. The standard InChI is InChI=1S/C8H12F3N3/c1-3-14-4-6(5(2)13-14)7(12)8(9,10)11/h4,7H,3,12H2,1-2H3/t7-/m0/s1. The summed E-state index contributed by atoms with van der Waals surface area (Å²) in [6.07, 6.45) is -3.07. The van der Waals surface area contributed by atoms with E-state index in [0.717, 1.165) is 0 Å². The Labute approximate surface area is 79.7 Å². The van der Waals surface area contributed by atoms with E-state index in [4.69, 9.17) is 5.73 Å². The topological polar surface area (TPSA) is 43.8 Å². The van der Waals surface area contributed by atoms with Gasteiger partial charge in [0.2, 0.25) is 0 Å². The molecule has 1 aromatic rings. The smallest absolute Gasteiger partial charge is 0.316 e. The normalized spacial score (nSPS) is 14.4. The van der Waals surface area contributed by atoms with Crippen molar-refractivity contribution in [3.63, 3.8) is 0 Å². The summed E-state index contributed by atoms with van der Waals surface area (Å²) in [7, 11) is 0. The predicted octanol–water partition coefficient (Wildman–Crippen LogP) is 1.77. The van der Waals surface area contributed by atoms with Gasteiger partial charge < -0.3 is 5.73 Å². The molecule has 0 amide bonds. The summed E-state index contributed by atoms with van der Waals surface area (Å²) in [5.74, 6) is 0. The van der Waals surface area contributed by atoms with Crippen molar-refractivity contribution in [1.29, 1.82) is 0 Å². The molecule has 0 saturated heterocycles. The number of alkyl halides is 3. The molecule has 14 heavy (non-hydrogen) atoms. The summed E-state index contributed by atoms with van der Waals surface area (Å²) in [6, 6.07) is -1.94. The fourth-order valence-corrected chi connectivity index (χ4v) is 1.18. The minimum atomic E-state index is -4.41. The zero-order valence-electron chi connectivity index (χ0n) is 7.97. The molecule has 0 saturated carbocycles. The van der Waals surface area contributed by atoms with Crippen molar-refractivity contribution in [2.75, 3.05) is 0 Å². The van der Waals surface area contributed by atoms with Crippen molar-refractivity contribution in [2.24, 2.45) is 5.73 Å². The lowest BCUT2D eigenvalue weighted by atomic mass is 10.1. The zero-order chi connectivity index (χ0) is 10.9. The number of hydrogen-bond donors (Lipinski definition) is 1. The quantitative estimate of drug-likeness (QED) is 0.803. The molecule has 2 N–H and O–H groups in total. The molecule has 0 bridgehead atoms. The maximum atomic E-state index is 12.3. The molecule has 1 aromatic heterocycles. The first-order chi connectivity index (χ1) is 6.36. The molecule has 80 valence electrons. The van der Waals surface area contributed by atoms with Crippen LogP contribution in [0.3, 0.4) is 0 Å². The molecule has 1 heterocycles. The second-order valence-electron chi connectivity index (χ2n) is 3.04. The average Bonchev–Trinajstić information content (AvgIpc) is 2.43. The molecule has 0 aliphatic carbocycles. The van der Waals surface area contributed by atoms with Crippen molar-refractivity contribution in [3.05, 3.63) is 17.5 Å². The third-order valence-corrected chi connectivity index (χ3v) is 2.00. The lowest BCUT2D eigenvalue weighted by Crippen LogP contribution is -2.28. The van der Waals surface area contributed by atoms with Crippen molar-refractivity contribution in [3.8, 4) is 0 Å². The molecule has 0 radical (unpaired) electrons. The lowest BCUT2D eigenvalue weighted by Gasteiger charge is -2.14. The Balaban J connectivity index is 3.01. The molecule has 0 aromatic carbocycles. The number of nitrogens with zero attached hydrogens (tertiary/aromatic N) is 2. The van der Waals surface area contributed by atoms with Gasteiger partial charge in [-0.15, -0.1) is 0 Å². The molecule has 0 fully saturated rings. The number of rotatable bonds is 2. The van der Waals surface area contributed by atoms with Crippen LogP contribution in [0.2, 0.25) is 0 Å². The van der Waals surface area contributed by atoms with Crippen molar-refractivity contribution >= 4 is 0 Å². The van der Waals surface area contributed by atoms with E-state index in [-0.39, 0.29) is 5.56 Å². The van der Waals surface area contributed by atoms with Crippen LogP contribution in [0.1, 0.15) is 24.2 Å². The third-order valence-electron chi connectivity index (χ3n) is 2.00. The van der Waals surface area contributed by atoms with E-state index < -0.39 is 12.2 Å². The molecule has 1 atom stereocenters. The number of nitrogens with two attached hydrogens (primary N) is 1. The Kier molecular flexibility index (Phi) is 2.84. The minimum Gasteiger partial charge on any atom is -0.316 e. The van der Waals surface area contributed by atoms with Crippen LogP contribution in [0.15, 0.2) is 6.20 Å². The van der Waals surface area contributed by atoms with Gasteiger partial charge in [-0.25, -0.2) is 0 Å². The van der Waals surface area contributed by atoms with Crippen LogP contribution in [-0.4, -0.2) is 16.0 Å². The Morgan fingerprint density at radius 2 is 2.14 bits per heavy atom. The largest absolute Gasteiger partial charge is 0.407 e. The Bertz CT molecular complexity index is 316. The summed E-state index contributed by atoms with van der Waals surface area (Å²) in [5, 5.41) is 3.90. The number of aromatic nitrogens is 2. The van der Waals surface area contributed by atoms with Gasteiger partial charge >= 0.3 is 6.18 Å². The zero-order valence-corrected chi connectivity index (χ0v) is 7.97. The molecular formula is C8H12F3N3. The SMILES string of the molecule is CCn1cc([C@H](N)C(F)(F)F)c(C)n1. The van der Waals surface area contributed by atoms with Crippen LogP contribution in [0.25, 0.3) is 0 Å². The first-order valence-corrected chi connectivity index (χ1v) is 4.22. The molecule has 0 spiro atoms. The van der Waals surface area contributed by atoms with E-state index >= 15 is 0 Å². The Morgan fingerprint density at radius 1 is 1.57 bits per heavy atom. The average molecular weight is 207 g/mol. The molecular weight excluding hydrogens is 195 g/mol. The molecule has 1 rings (SSSR count). The molecule has 0 aliphatic heterocycles. The number of halogens is 3. The summed E-state index contributed by atoms with van der Waals surface area (Å²) < 4.78 is 38.2. The fraction of sp³-hybridized carbons (Fsp3) is 0.625. The van der Waals surface area contributed by atoms with E-state index in [1.807, 2.05) is 0 Å². The first-order valence-electron chi connectivity index (χ1n) is 4.22. The van der Waals surface area contributed by atoms with Gasteiger partial charge in [-0.2, -0.15) is 18.3 Å². The van der Waals surface area contributed by atoms with Crippen LogP contribution in [0, 0.1) is 6.92 Å². The monoisotopic (exact) mass is 207 g/mol. The van der Waals surface area contributed by atoms with Crippen LogP contribution >= 0.6 is 0 Å². The summed E-state index contributed by atoms with van der Waals surface area (Å²) in [6.45, 7) is 3.86. The van der Waals surface area contributed by atoms with Crippen LogP contribution < -0.4 is 5.73 Å². The Morgan fingerprint density at radius 3 is 2.50 bits per heavy atom. The van der Waals surface area contributed by atoms with Gasteiger partial charge in [-0.05, 0) is 13.8 Å². The highest BCUT2D eigenvalue weighted by atomic mass is 19.4. The van der Waals surface area contributed by atoms with E-state index in [1.54, 1.807) is 6.92 Å². The molecule has 0 unspecified atom stereocenters. The molecule has 6 heteroatoms. The van der Waals surface area contributed by atoms with Crippen molar-refractivity contribution in [1.82, 2.24) is 9.78 Å². The van der Waals surface area contributed by atoms with Crippen molar-refractivity contribution in [2.45, 2.75) is 32.6 Å². The van der Waals surface area contributed by atoms with Gasteiger partial charge in [0.25, 0.3) is 0 Å². The van der Waals surface area contributed by atoms with E-state index in [1.165, 1.54) is 17.8 Å². The van der Waals surface area contributed by atoms with E-state index in [0.29, 0.717) is 12.2 Å². The van der Waals surface area contributed by atoms with Gasteiger partial charge in [0, 0.05) is 18.3 Å². The maximum Gasteiger partial charge on any atom is 0.407 e. The summed E-state index contributed by atoms with van der Waals surface area (Å²) >= 11 is 0. The van der Waals surface area contributed by atoms with Gasteiger partial charge in [0.15, 0.2) is 0 Å². The maximum absolute atomic E-state index is 12.3. The number of aryl methyl sites for hydroxylation is 2. The molecule has 3 nitrogen and oxygen atoms in total.